The highest BCUT2D eigenvalue weighted by molar-refractivity contribution is 7.12. The van der Waals surface area contributed by atoms with Crippen LogP contribution in [-0.4, -0.2) is 21.8 Å². The van der Waals surface area contributed by atoms with Crippen molar-refractivity contribution in [3.63, 3.8) is 0 Å². The third-order valence-corrected chi connectivity index (χ3v) is 3.59. The van der Waals surface area contributed by atoms with E-state index in [0.29, 0.717) is 27.5 Å². The van der Waals surface area contributed by atoms with Crippen LogP contribution < -0.4 is 5.32 Å². The molecule has 0 unspecified atom stereocenters. The fourth-order valence-corrected chi connectivity index (χ4v) is 2.36. The Morgan fingerprint density at radius 3 is 2.79 bits per heavy atom. The molecule has 5 nitrogen and oxygen atoms in total. The zero-order chi connectivity index (χ0) is 13.8. The van der Waals surface area contributed by atoms with Gasteiger partial charge in [-0.3, -0.25) is 4.79 Å². The molecule has 0 spiro atoms. The Morgan fingerprint density at radius 1 is 1.42 bits per heavy atom. The number of carbonyl (C=O) groups is 1. The summed E-state index contributed by atoms with van der Waals surface area (Å²) in [6.45, 7) is 3.46. The first kappa shape index (κ1) is 13.2. The summed E-state index contributed by atoms with van der Waals surface area (Å²) in [4.78, 5) is 16.7. The molecule has 1 aromatic heterocycles. The first-order chi connectivity index (χ1) is 9.13. The number of anilines is 1. The number of nitrogens with zero attached hydrogens (tertiary/aromatic N) is 2. The van der Waals surface area contributed by atoms with Gasteiger partial charge in [-0.05, 0) is 19.9 Å². The zero-order valence-corrected chi connectivity index (χ0v) is 11.4. The molecule has 0 saturated carbocycles. The van der Waals surface area contributed by atoms with Crippen LogP contribution in [0.1, 0.15) is 27.9 Å². The van der Waals surface area contributed by atoms with E-state index in [4.69, 9.17) is 5.21 Å². The van der Waals surface area contributed by atoms with Gasteiger partial charge in [0.1, 0.15) is 4.88 Å². The third kappa shape index (κ3) is 2.79. The highest BCUT2D eigenvalue weighted by Gasteiger charge is 2.14. The van der Waals surface area contributed by atoms with E-state index in [9.17, 15) is 4.79 Å². The minimum absolute atomic E-state index is 0.210. The maximum Gasteiger partial charge on any atom is 0.267 e. The minimum Gasteiger partial charge on any atom is -0.411 e. The van der Waals surface area contributed by atoms with Gasteiger partial charge >= 0.3 is 0 Å². The van der Waals surface area contributed by atoms with Gasteiger partial charge in [0.2, 0.25) is 0 Å². The summed E-state index contributed by atoms with van der Waals surface area (Å²) in [6.07, 6.45) is 0. The van der Waals surface area contributed by atoms with Crippen LogP contribution in [-0.2, 0) is 0 Å². The SMILES string of the molecule is C/C(=N\O)c1ccccc1NC(=O)c1scnc1C. The van der Waals surface area contributed by atoms with Crippen LogP contribution in [0.15, 0.2) is 34.9 Å². The van der Waals surface area contributed by atoms with Gasteiger partial charge in [-0.2, -0.15) is 0 Å². The molecule has 19 heavy (non-hydrogen) atoms. The second kappa shape index (κ2) is 5.62. The lowest BCUT2D eigenvalue weighted by molar-refractivity contribution is 0.103. The molecular formula is C13H13N3O2S. The predicted octanol–water partition coefficient (Wildman–Crippen LogP) is 2.90. The topological polar surface area (TPSA) is 74.6 Å². The van der Waals surface area contributed by atoms with Crippen molar-refractivity contribution in [2.75, 3.05) is 5.32 Å². The van der Waals surface area contributed by atoms with Gasteiger partial charge < -0.3 is 10.5 Å². The van der Waals surface area contributed by atoms with Gasteiger partial charge in [0.15, 0.2) is 0 Å². The summed E-state index contributed by atoms with van der Waals surface area (Å²) in [5.41, 5.74) is 4.07. The number of para-hydroxylation sites is 1. The molecule has 0 bridgehead atoms. The summed E-state index contributed by atoms with van der Waals surface area (Å²) in [5.74, 6) is -0.210. The van der Waals surface area contributed by atoms with Gasteiger partial charge in [-0.15, -0.1) is 11.3 Å². The fourth-order valence-electron chi connectivity index (χ4n) is 1.66. The number of aromatic nitrogens is 1. The molecule has 2 N–H and O–H groups in total. The van der Waals surface area contributed by atoms with Gasteiger partial charge in [-0.1, -0.05) is 23.4 Å². The summed E-state index contributed by atoms with van der Waals surface area (Å²) in [6, 6.07) is 7.17. The molecule has 1 aromatic carbocycles. The van der Waals surface area contributed by atoms with E-state index in [-0.39, 0.29) is 5.91 Å². The van der Waals surface area contributed by atoms with Crippen LogP contribution in [0, 0.1) is 6.92 Å². The standard InChI is InChI=1S/C13H13N3O2S/c1-8(16-18)10-5-3-4-6-11(10)15-13(17)12-9(2)14-7-19-12/h3-7,18H,1-2H3,(H,15,17)/b16-8+. The lowest BCUT2D eigenvalue weighted by atomic mass is 10.1. The maximum atomic E-state index is 12.1. The van der Waals surface area contributed by atoms with E-state index in [1.54, 1.807) is 31.5 Å². The average Bonchev–Trinajstić information content (AvgIpc) is 2.85. The van der Waals surface area contributed by atoms with Gasteiger partial charge in [0.25, 0.3) is 5.91 Å². The largest absolute Gasteiger partial charge is 0.411 e. The van der Waals surface area contributed by atoms with E-state index in [1.165, 1.54) is 11.3 Å². The Bertz CT molecular complexity index is 634. The normalized spacial score (nSPS) is 11.4. The number of carbonyl (C=O) groups excluding carboxylic acids is 1. The van der Waals surface area contributed by atoms with Crippen molar-refractivity contribution in [2.45, 2.75) is 13.8 Å². The highest BCUT2D eigenvalue weighted by atomic mass is 32.1. The molecule has 2 aromatic rings. The van der Waals surface area contributed by atoms with E-state index >= 15 is 0 Å². The smallest absolute Gasteiger partial charge is 0.267 e. The van der Waals surface area contributed by atoms with Crippen molar-refractivity contribution in [1.29, 1.82) is 0 Å². The molecule has 0 aliphatic heterocycles. The molecule has 0 saturated heterocycles. The van der Waals surface area contributed by atoms with Crippen LogP contribution in [0.4, 0.5) is 5.69 Å². The Labute approximate surface area is 114 Å². The zero-order valence-electron chi connectivity index (χ0n) is 10.5. The number of thiazole rings is 1. The third-order valence-electron chi connectivity index (χ3n) is 2.67. The molecule has 0 radical (unpaired) electrons. The van der Waals surface area contributed by atoms with Crippen molar-refractivity contribution < 1.29 is 10.0 Å². The molecular weight excluding hydrogens is 262 g/mol. The summed E-state index contributed by atoms with van der Waals surface area (Å²) in [5, 5.41) is 14.8. The number of amides is 1. The monoisotopic (exact) mass is 275 g/mol. The number of rotatable bonds is 3. The van der Waals surface area contributed by atoms with Crippen molar-refractivity contribution in [3.8, 4) is 0 Å². The number of hydrogen-bond acceptors (Lipinski definition) is 5. The fraction of sp³-hybridized carbons (Fsp3) is 0.154. The van der Waals surface area contributed by atoms with Crippen molar-refractivity contribution in [3.05, 3.63) is 45.9 Å². The molecule has 0 aliphatic rings. The van der Waals surface area contributed by atoms with Crippen LogP contribution in [0.5, 0.6) is 0 Å². The predicted molar refractivity (Wildman–Crippen MR) is 75.2 cm³/mol. The van der Waals surface area contributed by atoms with E-state index in [0.717, 1.165) is 0 Å². The number of hydrogen-bond donors (Lipinski definition) is 2. The van der Waals surface area contributed by atoms with Crippen LogP contribution in [0.2, 0.25) is 0 Å². The van der Waals surface area contributed by atoms with Crippen LogP contribution in [0.25, 0.3) is 0 Å². The molecule has 2 rings (SSSR count). The molecule has 0 aliphatic carbocycles. The lowest BCUT2D eigenvalue weighted by Crippen LogP contribution is -2.14. The molecule has 0 fully saturated rings. The summed E-state index contributed by atoms with van der Waals surface area (Å²) in [7, 11) is 0. The second-order valence-corrected chi connectivity index (χ2v) is 4.81. The van der Waals surface area contributed by atoms with Crippen molar-refractivity contribution in [2.24, 2.45) is 5.16 Å². The minimum atomic E-state index is -0.210. The lowest BCUT2D eigenvalue weighted by Gasteiger charge is -2.09. The maximum absolute atomic E-state index is 12.1. The number of aryl methyl sites for hydroxylation is 1. The quantitative estimate of drug-likeness (QED) is 0.514. The second-order valence-electron chi connectivity index (χ2n) is 3.95. The Balaban J connectivity index is 2.30. The molecule has 1 heterocycles. The summed E-state index contributed by atoms with van der Waals surface area (Å²) < 4.78 is 0. The number of benzene rings is 1. The van der Waals surface area contributed by atoms with E-state index in [1.807, 2.05) is 12.1 Å². The summed E-state index contributed by atoms with van der Waals surface area (Å²) >= 11 is 1.29. The van der Waals surface area contributed by atoms with E-state index in [2.05, 4.69) is 15.5 Å². The Morgan fingerprint density at radius 2 is 2.16 bits per heavy atom. The van der Waals surface area contributed by atoms with Crippen LogP contribution in [0.3, 0.4) is 0 Å². The van der Waals surface area contributed by atoms with Gasteiger partial charge in [0, 0.05) is 5.56 Å². The van der Waals surface area contributed by atoms with E-state index < -0.39 is 0 Å². The van der Waals surface area contributed by atoms with Crippen molar-refractivity contribution in [1.82, 2.24) is 4.98 Å². The Kier molecular flexibility index (Phi) is 3.91. The number of oxime groups is 1. The van der Waals surface area contributed by atoms with Crippen molar-refractivity contribution >= 4 is 28.6 Å². The molecule has 98 valence electrons. The molecule has 0 atom stereocenters. The average molecular weight is 275 g/mol. The Hall–Kier alpha value is -2.21. The van der Waals surface area contributed by atoms with Gasteiger partial charge in [-0.25, -0.2) is 4.98 Å². The molecule has 6 heteroatoms. The first-order valence-corrected chi connectivity index (χ1v) is 6.51. The van der Waals surface area contributed by atoms with Gasteiger partial charge in [0.05, 0.1) is 22.6 Å². The molecule has 1 amide bonds. The first-order valence-electron chi connectivity index (χ1n) is 5.63. The number of nitrogens with one attached hydrogen (secondary N) is 1. The van der Waals surface area contributed by atoms with Crippen LogP contribution >= 0.6 is 11.3 Å². The highest BCUT2D eigenvalue weighted by Crippen LogP contribution is 2.19.